The van der Waals surface area contributed by atoms with Crippen LogP contribution in [0.3, 0.4) is 0 Å². The Hall–Kier alpha value is -4.25. The molecule has 5 aromatic rings. The SMILES string of the molecule is O=C(COCCOCCOCCOCCNCC(O)COc1ccc(OCc2ccc(F)cc2)c(OCc2ccc(F)cc2)c1)N1CCN(c2nc(-n3cc(Br)nc3Br)cs2)CC1. The Kier molecular flexibility index (Phi) is 19.8. The molecule has 1 amide bonds. The molecule has 2 N–H and O–H groups in total. The van der Waals surface area contributed by atoms with Gasteiger partial charge in [-0.2, -0.15) is 0 Å². The van der Waals surface area contributed by atoms with E-state index in [1.54, 1.807) is 53.8 Å². The van der Waals surface area contributed by atoms with Gasteiger partial charge in [-0.1, -0.05) is 24.3 Å². The molecule has 340 valence electrons. The van der Waals surface area contributed by atoms with Gasteiger partial charge in [-0.05, 0) is 79.4 Å². The Morgan fingerprint density at radius 2 is 1.37 bits per heavy atom. The van der Waals surface area contributed by atoms with Gasteiger partial charge in [0, 0.05) is 56.9 Å². The lowest BCUT2D eigenvalue weighted by molar-refractivity contribution is -0.137. The Morgan fingerprint density at radius 1 is 0.762 bits per heavy atom. The van der Waals surface area contributed by atoms with Crippen molar-refractivity contribution in [1.82, 2.24) is 24.8 Å². The molecule has 63 heavy (non-hydrogen) atoms. The fourth-order valence-corrected chi connectivity index (χ4v) is 7.96. The lowest BCUT2D eigenvalue weighted by Gasteiger charge is -2.34. The number of benzene rings is 3. The van der Waals surface area contributed by atoms with Crippen molar-refractivity contribution in [1.29, 1.82) is 0 Å². The number of amides is 1. The minimum Gasteiger partial charge on any atom is -0.491 e. The third-order valence-electron chi connectivity index (χ3n) is 9.38. The number of nitrogens with one attached hydrogen (secondary N) is 1. The summed E-state index contributed by atoms with van der Waals surface area (Å²) in [5.74, 6) is 1.38. The topological polar surface area (TPSA) is 151 Å². The summed E-state index contributed by atoms with van der Waals surface area (Å²) >= 11 is 8.38. The van der Waals surface area contributed by atoms with E-state index in [0.717, 1.165) is 26.7 Å². The molecule has 1 saturated heterocycles. The summed E-state index contributed by atoms with van der Waals surface area (Å²) in [6, 6.07) is 17.1. The zero-order chi connectivity index (χ0) is 44.2. The number of nitrogens with zero attached hydrogens (tertiary/aromatic N) is 5. The molecule has 0 aliphatic carbocycles. The quantitative estimate of drug-likeness (QED) is 0.0590. The molecule has 3 heterocycles. The van der Waals surface area contributed by atoms with Crippen molar-refractivity contribution in [2.75, 3.05) is 104 Å². The zero-order valence-corrected chi connectivity index (χ0v) is 38.5. The van der Waals surface area contributed by atoms with Crippen LogP contribution in [0.15, 0.2) is 87.6 Å². The van der Waals surface area contributed by atoms with E-state index in [1.807, 2.05) is 21.0 Å². The molecule has 15 nitrogen and oxygen atoms in total. The number of imidazole rings is 1. The van der Waals surface area contributed by atoms with Gasteiger partial charge < -0.3 is 53.4 Å². The van der Waals surface area contributed by atoms with Crippen LogP contribution in [0.25, 0.3) is 5.82 Å². The lowest BCUT2D eigenvalue weighted by Crippen LogP contribution is -2.49. The standard InChI is InChI=1S/C43H50Br2F2N6O9S/c44-39-25-53(42(45)49-39)40-30-63-43(50-40)52-14-12-51(13-15-52)41(55)29-59-22-21-58-20-19-57-18-17-56-16-11-48-24-35(54)28-60-36-9-10-37(61-26-31-1-5-33(46)6-2-31)38(23-36)62-27-32-3-7-34(47)8-4-32/h1-10,23,25,30,35,48,54H,11-22,24,26-29H2. The number of aromatic nitrogens is 3. The van der Waals surface area contributed by atoms with Crippen LogP contribution in [0.4, 0.5) is 13.9 Å². The number of hydrogen-bond donors (Lipinski definition) is 2. The maximum absolute atomic E-state index is 13.4. The van der Waals surface area contributed by atoms with E-state index in [-0.39, 0.29) is 44.0 Å². The van der Waals surface area contributed by atoms with E-state index in [2.05, 4.69) is 47.1 Å². The van der Waals surface area contributed by atoms with Crippen molar-refractivity contribution in [3.05, 3.63) is 110 Å². The lowest BCUT2D eigenvalue weighted by atomic mass is 10.2. The molecule has 0 saturated carbocycles. The fraction of sp³-hybridized carbons (Fsp3) is 0.419. The van der Waals surface area contributed by atoms with Gasteiger partial charge in [0.25, 0.3) is 0 Å². The summed E-state index contributed by atoms with van der Waals surface area (Å²) in [6.45, 7) is 6.52. The molecule has 1 atom stereocenters. The third kappa shape index (κ3) is 16.4. The van der Waals surface area contributed by atoms with Crippen LogP contribution in [0.1, 0.15) is 11.1 Å². The number of aliphatic hydroxyl groups excluding tert-OH is 1. The Bertz CT molecular complexity index is 2130. The van der Waals surface area contributed by atoms with Gasteiger partial charge in [0.1, 0.15) is 54.5 Å². The molecular weight excluding hydrogens is 974 g/mol. The van der Waals surface area contributed by atoms with Crippen molar-refractivity contribution in [2.45, 2.75) is 19.3 Å². The number of anilines is 1. The van der Waals surface area contributed by atoms with Crippen molar-refractivity contribution < 1.29 is 51.8 Å². The first-order valence-electron chi connectivity index (χ1n) is 20.3. The Balaban J connectivity index is 0.746. The van der Waals surface area contributed by atoms with Crippen LogP contribution >= 0.6 is 43.2 Å². The molecular formula is C43H50Br2F2N6O9S. The minimum atomic E-state index is -0.788. The predicted molar refractivity (Wildman–Crippen MR) is 239 cm³/mol. The van der Waals surface area contributed by atoms with Gasteiger partial charge in [-0.3, -0.25) is 9.36 Å². The molecule has 1 aliphatic heterocycles. The second-order valence-corrected chi connectivity index (χ2v) is 16.4. The first-order chi connectivity index (χ1) is 30.7. The zero-order valence-electron chi connectivity index (χ0n) is 34.5. The van der Waals surface area contributed by atoms with E-state index < -0.39 is 6.10 Å². The number of halogens is 4. The second kappa shape index (κ2) is 25.9. The molecule has 0 spiro atoms. The number of ether oxygens (including phenoxy) is 7. The monoisotopic (exact) mass is 1020 g/mol. The van der Waals surface area contributed by atoms with Gasteiger partial charge >= 0.3 is 0 Å². The van der Waals surface area contributed by atoms with E-state index in [1.165, 1.54) is 24.3 Å². The predicted octanol–water partition coefficient (Wildman–Crippen LogP) is 6.03. The highest BCUT2D eigenvalue weighted by molar-refractivity contribution is 9.11. The molecule has 1 fully saturated rings. The first kappa shape index (κ1) is 48.2. The first-order valence-corrected chi connectivity index (χ1v) is 22.8. The number of carbonyl (C=O) groups is 1. The van der Waals surface area contributed by atoms with Gasteiger partial charge in [-0.15, -0.1) is 11.3 Å². The summed E-state index contributed by atoms with van der Waals surface area (Å²) in [5.41, 5.74) is 1.54. The van der Waals surface area contributed by atoms with Crippen LogP contribution in [-0.2, 0) is 37.0 Å². The highest BCUT2D eigenvalue weighted by atomic mass is 79.9. The Morgan fingerprint density at radius 3 is 1.98 bits per heavy atom. The molecule has 1 unspecified atom stereocenters. The summed E-state index contributed by atoms with van der Waals surface area (Å²) < 4.78 is 70.0. The average Bonchev–Trinajstić information content (AvgIpc) is 3.92. The van der Waals surface area contributed by atoms with E-state index in [4.69, 9.17) is 38.1 Å². The number of carbonyl (C=O) groups excluding carboxylic acids is 1. The maximum atomic E-state index is 13.4. The highest BCUT2D eigenvalue weighted by Gasteiger charge is 2.23. The van der Waals surface area contributed by atoms with Crippen LogP contribution in [0, 0.1) is 11.6 Å². The number of piperazine rings is 1. The van der Waals surface area contributed by atoms with Crippen molar-refractivity contribution >= 4 is 54.2 Å². The normalized spacial score (nSPS) is 13.3. The van der Waals surface area contributed by atoms with Crippen LogP contribution < -0.4 is 24.4 Å². The van der Waals surface area contributed by atoms with Crippen molar-refractivity contribution in [2.24, 2.45) is 0 Å². The average molecular weight is 1020 g/mol. The molecule has 2 aromatic heterocycles. The molecule has 6 rings (SSSR count). The highest BCUT2D eigenvalue weighted by Crippen LogP contribution is 2.33. The van der Waals surface area contributed by atoms with Crippen LogP contribution in [0.2, 0.25) is 0 Å². The molecule has 3 aromatic carbocycles. The number of thiazole rings is 1. The van der Waals surface area contributed by atoms with Crippen LogP contribution in [-0.4, -0.2) is 135 Å². The summed E-state index contributed by atoms with van der Waals surface area (Å²) in [7, 11) is 0. The summed E-state index contributed by atoms with van der Waals surface area (Å²) in [4.78, 5) is 25.7. The number of hydrogen-bond acceptors (Lipinski definition) is 14. The van der Waals surface area contributed by atoms with Gasteiger partial charge in [0.15, 0.2) is 27.2 Å². The fourth-order valence-electron chi connectivity index (χ4n) is 6.02. The number of rotatable bonds is 27. The van der Waals surface area contributed by atoms with Crippen molar-refractivity contribution in [3.63, 3.8) is 0 Å². The maximum Gasteiger partial charge on any atom is 0.248 e. The van der Waals surface area contributed by atoms with Crippen LogP contribution in [0.5, 0.6) is 17.2 Å². The van der Waals surface area contributed by atoms with E-state index in [9.17, 15) is 18.7 Å². The van der Waals surface area contributed by atoms with Gasteiger partial charge in [0.2, 0.25) is 5.91 Å². The third-order valence-corrected chi connectivity index (χ3v) is 11.2. The van der Waals surface area contributed by atoms with E-state index >= 15 is 0 Å². The molecule has 20 heteroatoms. The number of aliphatic hydroxyl groups is 1. The van der Waals surface area contributed by atoms with Gasteiger partial charge in [0.05, 0.1) is 46.2 Å². The molecule has 1 aliphatic rings. The summed E-state index contributed by atoms with van der Waals surface area (Å²) in [5, 5.41) is 16.5. The minimum absolute atomic E-state index is 0.00969. The Labute approximate surface area is 385 Å². The van der Waals surface area contributed by atoms with E-state index in [0.29, 0.717) is 107 Å². The smallest absolute Gasteiger partial charge is 0.248 e. The molecule has 0 bridgehead atoms. The van der Waals surface area contributed by atoms with Gasteiger partial charge in [-0.25, -0.2) is 18.7 Å². The summed E-state index contributed by atoms with van der Waals surface area (Å²) in [6.07, 6.45) is 1.06. The molecule has 0 radical (unpaired) electrons. The largest absolute Gasteiger partial charge is 0.491 e. The van der Waals surface area contributed by atoms with Crippen molar-refractivity contribution in [3.8, 4) is 23.1 Å². The second-order valence-electron chi connectivity index (χ2n) is 14.1.